The van der Waals surface area contributed by atoms with E-state index in [0.29, 0.717) is 18.7 Å². The Morgan fingerprint density at radius 3 is 3.00 bits per heavy atom. The Balaban J connectivity index is 1.53. The van der Waals surface area contributed by atoms with Crippen LogP contribution in [-0.2, 0) is 11.3 Å². The zero-order valence-electron chi connectivity index (χ0n) is 14.3. The van der Waals surface area contributed by atoms with Crippen molar-refractivity contribution in [1.29, 1.82) is 0 Å². The van der Waals surface area contributed by atoms with Gasteiger partial charge in [-0.15, -0.1) is 0 Å². The van der Waals surface area contributed by atoms with Crippen molar-refractivity contribution in [3.8, 4) is 0 Å². The first-order valence-electron chi connectivity index (χ1n) is 8.72. The predicted octanol–water partition coefficient (Wildman–Crippen LogP) is 2.47. The number of amides is 1. The lowest BCUT2D eigenvalue weighted by Gasteiger charge is -2.33. The molecule has 1 aliphatic rings. The van der Waals surface area contributed by atoms with Crippen LogP contribution < -0.4 is 0 Å². The fourth-order valence-corrected chi connectivity index (χ4v) is 3.72. The summed E-state index contributed by atoms with van der Waals surface area (Å²) in [6, 6.07) is 9.52. The largest absolute Gasteiger partial charge is 0.480 e. The van der Waals surface area contributed by atoms with Gasteiger partial charge in [0.15, 0.2) is 0 Å². The van der Waals surface area contributed by atoms with Crippen LogP contribution in [0.1, 0.15) is 34.8 Å². The van der Waals surface area contributed by atoms with Crippen molar-refractivity contribution in [3.63, 3.8) is 0 Å². The van der Waals surface area contributed by atoms with E-state index < -0.39 is 5.97 Å². The second-order valence-electron chi connectivity index (χ2n) is 6.68. The van der Waals surface area contributed by atoms with Gasteiger partial charge in [-0.1, -0.05) is 6.07 Å². The van der Waals surface area contributed by atoms with Crippen molar-refractivity contribution >= 4 is 22.8 Å². The summed E-state index contributed by atoms with van der Waals surface area (Å²) in [7, 11) is 0. The van der Waals surface area contributed by atoms with Crippen molar-refractivity contribution in [1.82, 2.24) is 19.7 Å². The van der Waals surface area contributed by atoms with Gasteiger partial charge in [-0.05, 0) is 42.5 Å². The fourth-order valence-electron chi connectivity index (χ4n) is 3.72. The average Bonchev–Trinajstić information content (AvgIpc) is 3.29. The monoisotopic (exact) mass is 352 g/mol. The quantitative estimate of drug-likeness (QED) is 0.755. The number of aromatic nitrogens is 3. The van der Waals surface area contributed by atoms with Crippen LogP contribution >= 0.6 is 0 Å². The van der Waals surface area contributed by atoms with Gasteiger partial charge in [0.1, 0.15) is 6.54 Å². The van der Waals surface area contributed by atoms with E-state index in [-0.39, 0.29) is 18.4 Å². The lowest BCUT2D eigenvalue weighted by atomic mass is 9.94. The summed E-state index contributed by atoms with van der Waals surface area (Å²) in [5.74, 6) is -0.808. The molecule has 1 fully saturated rings. The van der Waals surface area contributed by atoms with Crippen molar-refractivity contribution in [2.24, 2.45) is 0 Å². The molecule has 3 aromatic rings. The van der Waals surface area contributed by atoms with Crippen molar-refractivity contribution < 1.29 is 14.7 Å². The van der Waals surface area contributed by atoms with Crippen LogP contribution in [0.2, 0.25) is 0 Å². The predicted molar refractivity (Wildman–Crippen MR) is 96.0 cm³/mol. The third kappa shape index (κ3) is 3.08. The van der Waals surface area contributed by atoms with Gasteiger partial charge in [0.2, 0.25) is 0 Å². The zero-order valence-corrected chi connectivity index (χ0v) is 14.3. The number of fused-ring (bicyclic) bond motifs is 1. The minimum Gasteiger partial charge on any atom is -0.480 e. The van der Waals surface area contributed by atoms with Crippen LogP contribution in [0, 0.1) is 0 Å². The number of carbonyl (C=O) groups is 2. The molecule has 0 spiro atoms. The van der Waals surface area contributed by atoms with Crippen LogP contribution in [0.3, 0.4) is 0 Å². The smallest absolute Gasteiger partial charge is 0.325 e. The summed E-state index contributed by atoms with van der Waals surface area (Å²) in [5, 5.41) is 14.2. The van der Waals surface area contributed by atoms with Gasteiger partial charge < -0.3 is 15.0 Å². The molecular formula is C19H20N4O3. The minimum absolute atomic E-state index is 0.00972. The minimum atomic E-state index is -0.919. The highest BCUT2D eigenvalue weighted by Crippen LogP contribution is 2.28. The van der Waals surface area contributed by atoms with Crippen LogP contribution in [-0.4, -0.2) is 49.7 Å². The normalized spacial score (nSPS) is 17.5. The summed E-state index contributed by atoms with van der Waals surface area (Å²) >= 11 is 0. The maximum absolute atomic E-state index is 12.9. The number of carboxylic acids is 1. The third-order valence-corrected chi connectivity index (χ3v) is 4.96. The van der Waals surface area contributed by atoms with Gasteiger partial charge in [0, 0.05) is 48.2 Å². The second kappa shape index (κ2) is 6.67. The molecule has 1 saturated heterocycles. The number of hydrogen-bond donors (Lipinski definition) is 2. The van der Waals surface area contributed by atoms with E-state index in [1.165, 1.54) is 4.68 Å². The molecule has 1 aliphatic heterocycles. The molecule has 0 saturated carbocycles. The molecule has 7 nitrogen and oxygen atoms in total. The fraction of sp³-hybridized carbons (Fsp3) is 0.316. The van der Waals surface area contributed by atoms with Crippen molar-refractivity contribution in [3.05, 3.63) is 54.0 Å². The van der Waals surface area contributed by atoms with Crippen LogP contribution in [0.25, 0.3) is 10.9 Å². The molecule has 3 heterocycles. The first-order valence-corrected chi connectivity index (χ1v) is 8.72. The van der Waals surface area contributed by atoms with E-state index in [9.17, 15) is 9.59 Å². The Kier molecular flexibility index (Phi) is 4.20. The molecule has 7 heteroatoms. The Morgan fingerprint density at radius 2 is 2.15 bits per heavy atom. The number of likely N-dealkylation sites (tertiary alicyclic amines) is 1. The number of hydrogen-bond acceptors (Lipinski definition) is 3. The summed E-state index contributed by atoms with van der Waals surface area (Å²) in [6.07, 6.45) is 5.29. The molecule has 134 valence electrons. The standard InChI is InChI=1S/C19H20N4O3/c24-18(25)12-23-17(6-8-21-23)15-2-1-9-22(11-15)19(26)14-4-3-13-5-7-20-16(13)10-14/h3-8,10,15,20H,1-2,9,11-12H2,(H,24,25)/t15-/m1/s1. The maximum atomic E-state index is 12.9. The van der Waals surface area contributed by atoms with E-state index in [1.807, 2.05) is 41.4 Å². The summed E-state index contributed by atoms with van der Waals surface area (Å²) in [6.45, 7) is 1.13. The SMILES string of the molecule is O=C(O)Cn1nccc1[C@@H]1CCCN(C(=O)c2ccc3cc[nH]c3c2)C1. The van der Waals surface area contributed by atoms with Crippen LogP contribution in [0.4, 0.5) is 0 Å². The number of carbonyl (C=O) groups excluding carboxylic acids is 1. The summed E-state index contributed by atoms with van der Waals surface area (Å²) < 4.78 is 1.52. The first kappa shape index (κ1) is 16.4. The molecule has 4 rings (SSSR count). The first-order chi connectivity index (χ1) is 12.6. The van der Waals surface area contributed by atoms with Crippen LogP contribution in [0.5, 0.6) is 0 Å². The van der Waals surface area contributed by atoms with E-state index in [2.05, 4.69) is 10.1 Å². The third-order valence-electron chi connectivity index (χ3n) is 4.96. The highest BCUT2D eigenvalue weighted by molar-refractivity contribution is 5.98. The number of nitrogens with one attached hydrogen (secondary N) is 1. The maximum Gasteiger partial charge on any atom is 0.325 e. The zero-order chi connectivity index (χ0) is 18.1. The molecule has 0 radical (unpaired) electrons. The highest BCUT2D eigenvalue weighted by atomic mass is 16.4. The van der Waals surface area contributed by atoms with Crippen LogP contribution in [0.15, 0.2) is 42.7 Å². The molecule has 0 unspecified atom stereocenters. The Hall–Kier alpha value is -3.09. The molecule has 0 aliphatic carbocycles. The number of rotatable bonds is 4. The van der Waals surface area contributed by atoms with E-state index in [4.69, 9.17) is 5.11 Å². The molecule has 2 aromatic heterocycles. The number of carboxylic acid groups (broad SMARTS) is 1. The van der Waals surface area contributed by atoms with Crippen molar-refractivity contribution in [2.45, 2.75) is 25.3 Å². The van der Waals surface area contributed by atoms with Gasteiger partial charge in [-0.25, -0.2) is 0 Å². The number of H-pyrrole nitrogens is 1. The molecular weight excluding hydrogens is 332 g/mol. The Bertz CT molecular complexity index is 959. The van der Waals surface area contributed by atoms with Gasteiger partial charge in [-0.2, -0.15) is 5.10 Å². The summed E-state index contributed by atoms with van der Waals surface area (Å²) in [4.78, 5) is 28.9. The molecule has 2 N–H and O–H groups in total. The average molecular weight is 352 g/mol. The number of piperidine rings is 1. The van der Waals surface area contributed by atoms with E-state index in [0.717, 1.165) is 29.4 Å². The van der Waals surface area contributed by atoms with Gasteiger partial charge in [-0.3, -0.25) is 14.3 Å². The molecule has 0 bridgehead atoms. The number of aliphatic carboxylic acids is 1. The van der Waals surface area contributed by atoms with Gasteiger partial charge in [0.05, 0.1) is 0 Å². The molecule has 26 heavy (non-hydrogen) atoms. The number of aromatic amines is 1. The topological polar surface area (TPSA) is 91.2 Å². The lowest BCUT2D eigenvalue weighted by Crippen LogP contribution is -2.39. The van der Waals surface area contributed by atoms with E-state index >= 15 is 0 Å². The summed E-state index contributed by atoms with van der Waals surface area (Å²) in [5.41, 5.74) is 2.49. The van der Waals surface area contributed by atoms with E-state index in [1.54, 1.807) is 6.20 Å². The lowest BCUT2D eigenvalue weighted by molar-refractivity contribution is -0.137. The Morgan fingerprint density at radius 1 is 1.27 bits per heavy atom. The molecule has 1 aromatic carbocycles. The Labute approximate surface area is 150 Å². The molecule has 1 atom stereocenters. The number of benzene rings is 1. The molecule has 1 amide bonds. The number of nitrogens with zero attached hydrogens (tertiary/aromatic N) is 3. The van der Waals surface area contributed by atoms with Gasteiger partial charge >= 0.3 is 5.97 Å². The second-order valence-corrected chi connectivity index (χ2v) is 6.68. The highest BCUT2D eigenvalue weighted by Gasteiger charge is 2.28. The van der Waals surface area contributed by atoms with Crippen molar-refractivity contribution in [2.75, 3.05) is 13.1 Å². The van der Waals surface area contributed by atoms with Gasteiger partial charge in [0.25, 0.3) is 5.91 Å².